The third-order valence-electron chi connectivity index (χ3n) is 3.95. The number of para-hydroxylation sites is 1. The van der Waals surface area contributed by atoms with Crippen molar-refractivity contribution in [3.63, 3.8) is 0 Å². The van der Waals surface area contributed by atoms with Gasteiger partial charge < -0.3 is 15.1 Å². The zero-order chi connectivity index (χ0) is 18.3. The number of hydrogen-bond acceptors (Lipinski definition) is 3. The van der Waals surface area contributed by atoms with Crippen molar-refractivity contribution in [1.82, 2.24) is 10.2 Å². The number of hydrogen-bond donors (Lipinski definition) is 1. The number of rotatable bonds is 8. The lowest BCUT2D eigenvalue weighted by molar-refractivity contribution is -0.123. The van der Waals surface area contributed by atoms with Crippen LogP contribution in [-0.4, -0.2) is 50.4 Å². The number of nitrogens with one attached hydrogen (secondary N) is 1. The minimum atomic E-state index is -0.123. The molecule has 0 aliphatic heterocycles. The summed E-state index contributed by atoms with van der Waals surface area (Å²) in [5.74, 6) is 0.0430. The lowest BCUT2D eigenvalue weighted by atomic mass is 9.97. The van der Waals surface area contributed by atoms with Crippen LogP contribution in [0.25, 0.3) is 0 Å². The Hall–Kier alpha value is -1.88. The van der Waals surface area contributed by atoms with E-state index in [9.17, 15) is 9.59 Å². The van der Waals surface area contributed by atoms with Crippen LogP contribution < -0.4 is 10.2 Å². The minimum absolute atomic E-state index is 0.0574. The maximum absolute atomic E-state index is 12.2. The summed E-state index contributed by atoms with van der Waals surface area (Å²) in [7, 11) is 4.01. The van der Waals surface area contributed by atoms with E-state index in [4.69, 9.17) is 0 Å². The molecule has 5 heteroatoms. The molecule has 0 aliphatic rings. The van der Waals surface area contributed by atoms with Crippen molar-refractivity contribution in [1.29, 1.82) is 0 Å². The van der Waals surface area contributed by atoms with Crippen LogP contribution in [0.15, 0.2) is 18.2 Å². The van der Waals surface area contributed by atoms with Crippen LogP contribution >= 0.6 is 0 Å². The van der Waals surface area contributed by atoms with Gasteiger partial charge in [-0.05, 0) is 51.0 Å². The van der Waals surface area contributed by atoms with Gasteiger partial charge in [-0.2, -0.15) is 0 Å². The summed E-state index contributed by atoms with van der Waals surface area (Å²) < 4.78 is 0. The Balaban J connectivity index is 2.86. The molecule has 0 unspecified atom stereocenters. The van der Waals surface area contributed by atoms with Gasteiger partial charge in [-0.15, -0.1) is 0 Å². The molecule has 2 amide bonds. The van der Waals surface area contributed by atoms with Crippen LogP contribution in [-0.2, 0) is 9.59 Å². The summed E-state index contributed by atoms with van der Waals surface area (Å²) in [6.07, 6.45) is 0.889. The van der Waals surface area contributed by atoms with E-state index in [1.54, 1.807) is 4.90 Å². The Labute approximate surface area is 146 Å². The van der Waals surface area contributed by atoms with Gasteiger partial charge in [-0.25, -0.2) is 0 Å². The molecule has 1 aromatic rings. The summed E-state index contributed by atoms with van der Waals surface area (Å²) in [6.45, 7) is 9.28. The molecule has 0 radical (unpaired) electrons. The number of carbonyl (C=O) groups is 2. The van der Waals surface area contributed by atoms with Crippen LogP contribution in [0.5, 0.6) is 0 Å². The zero-order valence-electron chi connectivity index (χ0n) is 15.8. The number of aryl methyl sites for hydroxylation is 1. The van der Waals surface area contributed by atoms with Crippen LogP contribution in [0.1, 0.15) is 44.2 Å². The first-order chi connectivity index (χ1) is 11.2. The smallest absolute Gasteiger partial charge is 0.240 e. The van der Waals surface area contributed by atoms with Crippen LogP contribution in [0, 0.1) is 6.92 Å². The average Bonchev–Trinajstić information content (AvgIpc) is 2.49. The van der Waals surface area contributed by atoms with Crippen molar-refractivity contribution in [2.75, 3.05) is 38.6 Å². The molecule has 0 saturated heterocycles. The van der Waals surface area contributed by atoms with E-state index in [1.165, 1.54) is 6.92 Å². The molecule has 0 spiro atoms. The van der Waals surface area contributed by atoms with Crippen LogP contribution in [0.2, 0.25) is 0 Å². The van der Waals surface area contributed by atoms with Gasteiger partial charge in [0, 0.05) is 13.5 Å². The van der Waals surface area contributed by atoms with Crippen molar-refractivity contribution in [3.8, 4) is 0 Å². The summed E-state index contributed by atoms with van der Waals surface area (Å²) in [5, 5.41) is 2.90. The predicted octanol–water partition coefficient (Wildman–Crippen LogP) is 2.54. The van der Waals surface area contributed by atoms with Crippen molar-refractivity contribution < 1.29 is 9.59 Å². The number of benzene rings is 1. The zero-order valence-corrected chi connectivity index (χ0v) is 15.8. The minimum Gasteiger partial charge on any atom is -0.355 e. The third-order valence-corrected chi connectivity index (χ3v) is 3.95. The molecule has 1 rings (SSSR count). The molecule has 1 aromatic carbocycles. The molecule has 24 heavy (non-hydrogen) atoms. The Kier molecular flexibility index (Phi) is 7.92. The van der Waals surface area contributed by atoms with E-state index in [-0.39, 0.29) is 24.3 Å². The van der Waals surface area contributed by atoms with E-state index in [1.807, 2.05) is 39.2 Å². The Bertz CT molecular complexity index is 568. The van der Waals surface area contributed by atoms with E-state index in [0.717, 1.165) is 29.8 Å². The quantitative estimate of drug-likeness (QED) is 0.744. The molecule has 134 valence electrons. The topological polar surface area (TPSA) is 52.7 Å². The Morgan fingerprint density at radius 2 is 1.88 bits per heavy atom. The third kappa shape index (κ3) is 5.96. The number of nitrogens with zero attached hydrogens (tertiary/aromatic N) is 2. The lowest BCUT2D eigenvalue weighted by Crippen LogP contribution is -2.41. The summed E-state index contributed by atoms with van der Waals surface area (Å²) in [6, 6.07) is 6.00. The molecule has 5 nitrogen and oxygen atoms in total. The van der Waals surface area contributed by atoms with Gasteiger partial charge in [0.15, 0.2) is 0 Å². The van der Waals surface area contributed by atoms with E-state index in [0.29, 0.717) is 6.54 Å². The van der Waals surface area contributed by atoms with Crippen molar-refractivity contribution >= 4 is 17.5 Å². The number of amides is 2. The molecule has 1 N–H and O–H groups in total. The molecule has 0 aliphatic carbocycles. The summed E-state index contributed by atoms with van der Waals surface area (Å²) in [5.41, 5.74) is 2.96. The summed E-state index contributed by atoms with van der Waals surface area (Å²) in [4.78, 5) is 28.1. The fourth-order valence-corrected chi connectivity index (χ4v) is 2.69. The predicted molar refractivity (Wildman–Crippen MR) is 99.5 cm³/mol. The van der Waals surface area contributed by atoms with Gasteiger partial charge >= 0.3 is 0 Å². The SMILES string of the molecule is CC(=O)N(CC(=O)NCCCN(C)C)c1c(C)cccc1C(C)C. The first kappa shape index (κ1) is 20.2. The van der Waals surface area contributed by atoms with Crippen molar-refractivity contribution in [3.05, 3.63) is 29.3 Å². The van der Waals surface area contributed by atoms with Crippen LogP contribution in [0.3, 0.4) is 0 Å². The standard InChI is InChI=1S/C19H31N3O2/c1-14(2)17-10-7-9-15(3)19(17)22(16(4)23)13-18(24)20-11-8-12-21(5)6/h7,9-10,14H,8,11-13H2,1-6H3,(H,20,24). The second-order valence-corrected chi connectivity index (χ2v) is 6.78. The molecular formula is C19H31N3O2. The second-order valence-electron chi connectivity index (χ2n) is 6.78. The average molecular weight is 333 g/mol. The molecule has 0 fully saturated rings. The van der Waals surface area contributed by atoms with Gasteiger partial charge in [0.2, 0.25) is 11.8 Å². The molecule has 0 atom stereocenters. The number of carbonyl (C=O) groups excluding carboxylic acids is 2. The van der Waals surface area contributed by atoms with Gasteiger partial charge in [0.1, 0.15) is 6.54 Å². The molecular weight excluding hydrogens is 302 g/mol. The van der Waals surface area contributed by atoms with Gasteiger partial charge in [-0.3, -0.25) is 9.59 Å². The highest BCUT2D eigenvalue weighted by Gasteiger charge is 2.21. The fourth-order valence-electron chi connectivity index (χ4n) is 2.69. The Morgan fingerprint density at radius 1 is 1.21 bits per heavy atom. The molecule has 0 heterocycles. The highest BCUT2D eigenvalue weighted by molar-refractivity contribution is 5.98. The molecule has 0 saturated carbocycles. The highest BCUT2D eigenvalue weighted by Crippen LogP contribution is 2.30. The van der Waals surface area contributed by atoms with E-state index < -0.39 is 0 Å². The second kappa shape index (κ2) is 9.42. The van der Waals surface area contributed by atoms with Gasteiger partial charge in [0.05, 0.1) is 5.69 Å². The molecule has 0 bridgehead atoms. The molecule has 0 aromatic heterocycles. The highest BCUT2D eigenvalue weighted by atomic mass is 16.2. The van der Waals surface area contributed by atoms with E-state index >= 15 is 0 Å². The maximum atomic E-state index is 12.2. The first-order valence-electron chi connectivity index (χ1n) is 8.53. The normalized spacial score (nSPS) is 11.0. The van der Waals surface area contributed by atoms with Crippen molar-refractivity contribution in [2.24, 2.45) is 0 Å². The lowest BCUT2D eigenvalue weighted by Gasteiger charge is -2.27. The van der Waals surface area contributed by atoms with Crippen molar-refractivity contribution in [2.45, 2.75) is 40.0 Å². The fraction of sp³-hybridized carbons (Fsp3) is 0.579. The van der Waals surface area contributed by atoms with Gasteiger partial charge in [0.25, 0.3) is 0 Å². The van der Waals surface area contributed by atoms with Gasteiger partial charge in [-0.1, -0.05) is 32.0 Å². The van der Waals surface area contributed by atoms with E-state index in [2.05, 4.69) is 24.1 Å². The summed E-state index contributed by atoms with van der Waals surface area (Å²) >= 11 is 0. The first-order valence-corrected chi connectivity index (χ1v) is 8.53. The largest absolute Gasteiger partial charge is 0.355 e. The monoisotopic (exact) mass is 333 g/mol. The number of anilines is 1. The van der Waals surface area contributed by atoms with Crippen LogP contribution in [0.4, 0.5) is 5.69 Å². The Morgan fingerprint density at radius 3 is 2.42 bits per heavy atom. The maximum Gasteiger partial charge on any atom is 0.240 e.